The number of hydrogen-bond donors (Lipinski definition) is 2. The third-order valence-electron chi connectivity index (χ3n) is 8.13. The van der Waals surface area contributed by atoms with Crippen LogP contribution in [0.5, 0.6) is 5.75 Å². The lowest BCUT2D eigenvalue weighted by Gasteiger charge is -2.36. The molecule has 6 rings (SSSR count). The van der Waals surface area contributed by atoms with E-state index in [4.69, 9.17) is 4.74 Å². The van der Waals surface area contributed by atoms with E-state index < -0.39 is 0 Å². The highest BCUT2D eigenvalue weighted by atomic mass is 16.5. The molecule has 2 N–H and O–H groups in total. The van der Waals surface area contributed by atoms with E-state index in [-0.39, 0.29) is 17.9 Å². The molecular weight excluding hydrogens is 452 g/mol. The van der Waals surface area contributed by atoms with Gasteiger partial charge in [-0.25, -0.2) is 0 Å². The second-order valence-electron chi connectivity index (χ2n) is 10.4. The molecule has 2 aromatic carbocycles. The van der Waals surface area contributed by atoms with Crippen molar-refractivity contribution in [2.45, 2.75) is 63.7 Å². The van der Waals surface area contributed by atoms with Gasteiger partial charge in [0.25, 0.3) is 5.91 Å². The van der Waals surface area contributed by atoms with Crippen molar-refractivity contribution in [3.63, 3.8) is 0 Å². The minimum Gasteiger partial charge on any atom is -0.492 e. The number of likely N-dealkylation sites (tertiary alicyclic amines) is 1. The summed E-state index contributed by atoms with van der Waals surface area (Å²) in [5, 5.41) is 6.37. The summed E-state index contributed by atoms with van der Waals surface area (Å²) < 4.78 is 6.32. The average molecular weight is 487 g/mol. The number of benzene rings is 2. The molecule has 0 saturated carbocycles. The molecular formula is C29H34N4O3. The first kappa shape index (κ1) is 23.1. The zero-order valence-corrected chi connectivity index (χ0v) is 20.7. The number of carbonyl (C=O) groups is 2. The topological polar surface area (TPSA) is 73.9 Å². The molecule has 2 fully saturated rings. The Balaban J connectivity index is 1.11. The normalized spacial score (nSPS) is 23.8. The van der Waals surface area contributed by atoms with Gasteiger partial charge >= 0.3 is 0 Å². The van der Waals surface area contributed by atoms with Crippen molar-refractivity contribution in [1.82, 2.24) is 15.1 Å². The molecule has 0 aromatic heterocycles. The number of fused-ring (bicyclic) bond motifs is 2. The van der Waals surface area contributed by atoms with E-state index in [0.717, 1.165) is 49.4 Å². The number of anilines is 1. The smallest absolute Gasteiger partial charge is 0.255 e. The Bertz CT molecular complexity index is 1210. The van der Waals surface area contributed by atoms with Crippen molar-refractivity contribution in [2.75, 3.05) is 25.0 Å². The van der Waals surface area contributed by atoms with Gasteiger partial charge in [-0.05, 0) is 67.1 Å². The highest BCUT2D eigenvalue weighted by Crippen LogP contribution is 2.33. The average Bonchev–Trinajstić information content (AvgIpc) is 3.49. The molecule has 7 nitrogen and oxygen atoms in total. The quantitative estimate of drug-likeness (QED) is 0.649. The maximum atomic E-state index is 13.1. The van der Waals surface area contributed by atoms with Gasteiger partial charge in [0.05, 0.1) is 6.04 Å². The number of hydrogen-bond acceptors (Lipinski definition) is 5. The molecule has 0 spiro atoms. The van der Waals surface area contributed by atoms with E-state index in [1.807, 2.05) is 23.1 Å². The van der Waals surface area contributed by atoms with Crippen LogP contribution in [0.25, 0.3) is 0 Å². The van der Waals surface area contributed by atoms with Crippen LogP contribution in [0.15, 0.2) is 48.7 Å². The van der Waals surface area contributed by atoms with Gasteiger partial charge in [0.1, 0.15) is 12.4 Å². The molecule has 4 aliphatic heterocycles. The Hall–Kier alpha value is -3.32. The predicted octanol–water partition coefficient (Wildman–Crippen LogP) is 3.84. The van der Waals surface area contributed by atoms with Crippen molar-refractivity contribution in [1.29, 1.82) is 0 Å². The van der Waals surface area contributed by atoms with Crippen LogP contribution < -0.4 is 15.4 Å². The Morgan fingerprint density at radius 3 is 2.86 bits per heavy atom. The highest BCUT2D eigenvalue weighted by molar-refractivity contribution is 5.99. The Morgan fingerprint density at radius 1 is 1.06 bits per heavy atom. The second kappa shape index (κ2) is 9.62. The number of carbonyl (C=O) groups excluding carboxylic acids is 2. The number of piperidine rings is 2. The first-order chi connectivity index (χ1) is 17.6. The lowest BCUT2D eigenvalue weighted by molar-refractivity contribution is -0.121. The molecule has 2 amide bonds. The van der Waals surface area contributed by atoms with E-state index >= 15 is 0 Å². The number of nitrogens with one attached hydrogen (secondary N) is 2. The number of rotatable bonds is 6. The van der Waals surface area contributed by atoms with Crippen LogP contribution in [0.2, 0.25) is 0 Å². The maximum Gasteiger partial charge on any atom is 0.255 e. The van der Waals surface area contributed by atoms with Crippen LogP contribution in [0.1, 0.15) is 59.2 Å². The molecule has 2 aromatic rings. The second-order valence-corrected chi connectivity index (χ2v) is 10.4. The summed E-state index contributed by atoms with van der Waals surface area (Å²) in [6.45, 7) is 8.21. The Morgan fingerprint density at radius 2 is 1.97 bits per heavy atom. The van der Waals surface area contributed by atoms with Gasteiger partial charge in [-0.3, -0.25) is 14.5 Å². The van der Waals surface area contributed by atoms with Crippen molar-refractivity contribution >= 4 is 17.5 Å². The summed E-state index contributed by atoms with van der Waals surface area (Å²) >= 11 is 0. The first-order valence-electron chi connectivity index (χ1n) is 13.2. The molecule has 4 aliphatic rings. The van der Waals surface area contributed by atoms with Gasteiger partial charge in [0.15, 0.2) is 0 Å². The maximum absolute atomic E-state index is 13.1. The monoisotopic (exact) mass is 486 g/mol. The van der Waals surface area contributed by atoms with Gasteiger partial charge < -0.3 is 20.3 Å². The number of amides is 2. The number of ether oxygens (including phenoxy) is 1. The van der Waals surface area contributed by atoms with E-state index in [9.17, 15) is 9.59 Å². The predicted molar refractivity (Wildman–Crippen MR) is 139 cm³/mol. The zero-order valence-electron chi connectivity index (χ0n) is 20.7. The molecule has 0 bridgehead atoms. The first-order valence-corrected chi connectivity index (χ1v) is 13.2. The fourth-order valence-electron chi connectivity index (χ4n) is 6.18. The summed E-state index contributed by atoms with van der Waals surface area (Å²) in [7, 11) is 0. The molecule has 2 atom stereocenters. The fraction of sp³-hybridized carbons (Fsp3) is 0.448. The van der Waals surface area contributed by atoms with Crippen LogP contribution in [0.4, 0.5) is 5.69 Å². The van der Waals surface area contributed by atoms with Gasteiger partial charge in [-0.2, -0.15) is 0 Å². The van der Waals surface area contributed by atoms with Crippen LogP contribution in [-0.4, -0.2) is 53.4 Å². The summed E-state index contributed by atoms with van der Waals surface area (Å²) in [5.74, 6) is 0.786. The molecule has 36 heavy (non-hydrogen) atoms. The standard InChI is InChI=1S/C29H34N4O3/c1-19-26(10-11-27(34)31-19)33-17-22-15-24(8-9-25(22)29(33)35)36-18-23-7-2-3-14-32(23)16-21-6-4-5-20-12-13-30-28(20)21/h4-6,8-9,15,23,26,30H,1-3,7,10-14,16-18H2,(H,31,34)/t23-,26?/m1/s1. The Labute approximate surface area is 212 Å². The molecule has 7 heteroatoms. The van der Waals surface area contributed by atoms with Crippen LogP contribution in [0, 0.1) is 0 Å². The number of para-hydroxylation sites is 1. The van der Waals surface area contributed by atoms with Crippen LogP contribution in [-0.2, 0) is 24.3 Å². The molecule has 1 unspecified atom stereocenters. The van der Waals surface area contributed by atoms with Crippen molar-refractivity contribution in [3.05, 3.63) is 70.9 Å². The summed E-state index contributed by atoms with van der Waals surface area (Å²) in [4.78, 5) is 29.1. The Kier molecular flexibility index (Phi) is 6.17. The van der Waals surface area contributed by atoms with Gasteiger partial charge in [0.2, 0.25) is 5.91 Å². The van der Waals surface area contributed by atoms with Crippen LogP contribution in [0.3, 0.4) is 0 Å². The molecule has 4 heterocycles. The summed E-state index contributed by atoms with van der Waals surface area (Å²) in [6, 6.07) is 12.7. The SMILES string of the molecule is C=C1NC(=O)CCC1N1Cc2cc(OC[C@H]3CCCCN3Cc3cccc4c3NCC4)ccc2C1=O. The summed E-state index contributed by atoms with van der Waals surface area (Å²) in [5.41, 5.74) is 6.45. The third kappa shape index (κ3) is 4.37. The molecule has 188 valence electrons. The lowest BCUT2D eigenvalue weighted by Crippen LogP contribution is -2.45. The van der Waals surface area contributed by atoms with Crippen molar-refractivity contribution in [2.24, 2.45) is 0 Å². The van der Waals surface area contributed by atoms with Gasteiger partial charge in [-0.1, -0.05) is 31.2 Å². The largest absolute Gasteiger partial charge is 0.492 e. The zero-order chi connectivity index (χ0) is 24.6. The van der Waals surface area contributed by atoms with Gasteiger partial charge in [0, 0.05) is 49.0 Å². The highest BCUT2D eigenvalue weighted by Gasteiger charge is 2.36. The van der Waals surface area contributed by atoms with E-state index in [2.05, 4.69) is 40.3 Å². The van der Waals surface area contributed by atoms with Crippen LogP contribution >= 0.6 is 0 Å². The number of nitrogens with zero attached hydrogens (tertiary/aromatic N) is 2. The van der Waals surface area contributed by atoms with Crippen molar-refractivity contribution in [3.8, 4) is 5.75 Å². The van der Waals surface area contributed by atoms with Crippen molar-refractivity contribution < 1.29 is 14.3 Å². The fourth-order valence-corrected chi connectivity index (χ4v) is 6.18. The van der Waals surface area contributed by atoms with Gasteiger partial charge in [-0.15, -0.1) is 0 Å². The molecule has 0 aliphatic carbocycles. The lowest BCUT2D eigenvalue weighted by atomic mass is 10.0. The minimum absolute atomic E-state index is 0.00121. The molecule has 0 radical (unpaired) electrons. The van der Waals surface area contributed by atoms with E-state index in [1.54, 1.807) is 0 Å². The van der Waals surface area contributed by atoms with E-state index in [1.165, 1.54) is 29.7 Å². The minimum atomic E-state index is -0.156. The third-order valence-corrected chi connectivity index (χ3v) is 8.13. The molecule has 2 saturated heterocycles. The summed E-state index contributed by atoms with van der Waals surface area (Å²) in [6.07, 6.45) is 5.73. The van der Waals surface area contributed by atoms with E-state index in [0.29, 0.717) is 37.7 Å².